The molecular weight excluding hydrogens is 174 g/mol. The van der Waals surface area contributed by atoms with E-state index in [1.807, 2.05) is 0 Å². The Balaban J connectivity index is 2.25. The molecule has 0 saturated carbocycles. The largest absolute Gasteiger partial charge is 0.362 e. The van der Waals surface area contributed by atoms with Crippen LogP contribution >= 0.6 is 0 Å². The van der Waals surface area contributed by atoms with Crippen LogP contribution in [0.3, 0.4) is 0 Å². The third-order valence-corrected chi connectivity index (χ3v) is 3.54. The highest BCUT2D eigenvalue weighted by Gasteiger charge is 2.21. The zero-order chi connectivity index (χ0) is 9.54. The highest BCUT2D eigenvalue weighted by Crippen LogP contribution is 2.22. The third kappa shape index (κ3) is 1.06. The van der Waals surface area contributed by atoms with Crippen LogP contribution in [-0.4, -0.2) is 4.98 Å². The molecule has 0 atom stereocenters. The van der Waals surface area contributed by atoms with Gasteiger partial charge in [-0.05, 0) is 44.9 Å². The van der Waals surface area contributed by atoms with Gasteiger partial charge in [-0.15, -0.1) is 0 Å². The molecule has 2 heteroatoms. The lowest BCUT2D eigenvalue weighted by Gasteiger charge is -2.16. The van der Waals surface area contributed by atoms with Crippen molar-refractivity contribution in [2.75, 3.05) is 0 Å². The minimum atomic E-state index is 0.367. The van der Waals surface area contributed by atoms with Crippen molar-refractivity contribution in [3.8, 4) is 0 Å². The lowest BCUT2D eigenvalue weighted by atomic mass is 9.94. The van der Waals surface area contributed by atoms with Gasteiger partial charge in [-0.2, -0.15) is 0 Å². The molecule has 2 aliphatic carbocycles. The van der Waals surface area contributed by atoms with Crippen molar-refractivity contribution >= 4 is 0 Å². The quantitative estimate of drug-likeness (QED) is 0.662. The highest BCUT2D eigenvalue weighted by atomic mass is 16.1. The fourth-order valence-electron chi connectivity index (χ4n) is 2.79. The van der Waals surface area contributed by atoms with Gasteiger partial charge in [0.1, 0.15) is 0 Å². The molecule has 0 bridgehead atoms. The first-order chi connectivity index (χ1) is 6.86. The average Bonchev–Trinajstić information content (AvgIpc) is 2.66. The SMILES string of the molecule is O=c1c2c([nH]c3c1CCC3)CCCC2. The number of nitrogens with one attached hydrogen (secondary N) is 1. The fraction of sp³-hybridized carbons (Fsp3) is 0.583. The van der Waals surface area contributed by atoms with Crippen molar-refractivity contribution in [3.05, 3.63) is 32.7 Å². The van der Waals surface area contributed by atoms with Gasteiger partial charge in [0, 0.05) is 22.5 Å². The van der Waals surface area contributed by atoms with Gasteiger partial charge in [-0.3, -0.25) is 4.79 Å². The Bertz CT molecular complexity index is 431. The molecule has 2 aliphatic rings. The first kappa shape index (κ1) is 8.27. The van der Waals surface area contributed by atoms with Gasteiger partial charge >= 0.3 is 0 Å². The van der Waals surface area contributed by atoms with Gasteiger partial charge in [0.2, 0.25) is 0 Å². The Morgan fingerprint density at radius 2 is 1.36 bits per heavy atom. The van der Waals surface area contributed by atoms with E-state index in [9.17, 15) is 4.79 Å². The lowest BCUT2D eigenvalue weighted by Crippen LogP contribution is -2.21. The minimum absolute atomic E-state index is 0.367. The second kappa shape index (κ2) is 2.97. The molecule has 0 amide bonds. The van der Waals surface area contributed by atoms with E-state index in [1.165, 1.54) is 24.2 Å². The molecular formula is C12H15NO. The van der Waals surface area contributed by atoms with Crippen molar-refractivity contribution in [2.24, 2.45) is 0 Å². The van der Waals surface area contributed by atoms with Gasteiger partial charge < -0.3 is 4.98 Å². The van der Waals surface area contributed by atoms with E-state index in [0.29, 0.717) is 5.43 Å². The Morgan fingerprint density at radius 3 is 2.14 bits per heavy atom. The molecule has 1 aromatic rings. The second-order valence-corrected chi connectivity index (χ2v) is 4.43. The Morgan fingerprint density at radius 1 is 0.786 bits per heavy atom. The first-order valence-corrected chi connectivity index (χ1v) is 5.62. The van der Waals surface area contributed by atoms with Crippen LogP contribution in [0, 0.1) is 0 Å². The maximum Gasteiger partial charge on any atom is 0.188 e. The van der Waals surface area contributed by atoms with Crippen molar-refractivity contribution in [3.63, 3.8) is 0 Å². The Kier molecular flexibility index (Phi) is 1.76. The molecule has 3 rings (SSSR count). The fourth-order valence-corrected chi connectivity index (χ4v) is 2.79. The van der Waals surface area contributed by atoms with E-state index in [1.54, 1.807) is 0 Å². The van der Waals surface area contributed by atoms with Crippen molar-refractivity contribution in [1.29, 1.82) is 0 Å². The maximum atomic E-state index is 12.1. The highest BCUT2D eigenvalue weighted by molar-refractivity contribution is 5.34. The van der Waals surface area contributed by atoms with Gasteiger partial charge in [0.05, 0.1) is 0 Å². The zero-order valence-corrected chi connectivity index (χ0v) is 8.36. The molecule has 0 aliphatic heterocycles. The number of aromatic amines is 1. The summed E-state index contributed by atoms with van der Waals surface area (Å²) in [4.78, 5) is 15.6. The molecule has 14 heavy (non-hydrogen) atoms. The van der Waals surface area contributed by atoms with E-state index in [2.05, 4.69) is 4.98 Å². The Hall–Kier alpha value is -1.05. The molecule has 0 fully saturated rings. The van der Waals surface area contributed by atoms with Crippen LogP contribution in [-0.2, 0) is 25.7 Å². The number of aryl methyl sites for hydroxylation is 2. The summed E-state index contributed by atoms with van der Waals surface area (Å²) in [6, 6.07) is 0. The standard InChI is InChI=1S/C12H15NO/c14-12-8-4-1-2-6-10(8)13-11-7-3-5-9(11)12/h1-7H2,(H,13,14). The van der Waals surface area contributed by atoms with E-state index in [-0.39, 0.29) is 0 Å². The summed E-state index contributed by atoms with van der Waals surface area (Å²) in [5.41, 5.74) is 5.02. The molecule has 1 aromatic heterocycles. The van der Waals surface area contributed by atoms with Crippen LogP contribution in [0.5, 0.6) is 0 Å². The maximum absolute atomic E-state index is 12.1. The summed E-state index contributed by atoms with van der Waals surface area (Å²) in [6.07, 6.45) is 7.74. The van der Waals surface area contributed by atoms with Crippen molar-refractivity contribution < 1.29 is 0 Å². The molecule has 0 spiro atoms. The van der Waals surface area contributed by atoms with E-state index in [4.69, 9.17) is 0 Å². The minimum Gasteiger partial charge on any atom is -0.362 e. The van der Waals surface area contributed by atoms with Gasteiger partial charge in [0.25, 0.3) is 0 Å². The van der Waals surface area contributed by atoms with Gasteiger partial charge in [-0.25, -0.2) is 0 Å². The predicted molar refractivity (Wildman–Crippen MR) is 55.7 cm³/mol. The summed E-state index contributed by atoms with van der Waals surface area (Å²) in [5, 5.41) is 0. The summed E-state index contributed by atoms with van der Waals surface area (Å²) in [6.45, 7) is 0. The van der Waals surface area contributed by atoms with Gasteiger partial charge in [0.15, 0.2) is 5.43 Å². The Labute approximate surface area is 83.4 Å². The topological polar surface area (TPSA) is 32.9 Å². The zero-order valence-electron chi connectivity index (χ0n) is 8.36. The van der Waals surface area contributed by atoms with Crippen LogP contribution in [0.15, 0.2) is 4.79 Å². The van der Waals surface area contributed by atoms with Crippen LogP contribution in [0.1, 0.15) is 41.8 Å². The van der Waals surface area contributed by atoms with Crippen LogP contribution in [0.4, 0.5) is 0 Å². The average molecular weight is 189 g/mol. The van der Waals surface area contributed by atoms with E-state index >= 15 is 0 Å². The summed E-state index contributed by atoms with van der Waals surface area (Å²) >= 11 is 0. The van der Waals surface area contributed by atoms with Crippen molar-refractivity contribution in [2.45, 2.75) is 44.9 Å². The van der Waals surface area contributed by atoms with Crippen LogP contribution in [0.2, 0.25) is 0 Å². The van der Waals surface area contributed by atoms with Crippen LogP contribution < -0.4 is 5.43 Å². The number of hydrogen-bond acceptors (Lipinski definition) is 1. The number of rotatable bonds is 0. The van der Waals surface area contributed by atoms with Crippen LogP contribution in [0.25, 0.3) is 0 Å². The summed E-state index contributed by atoms with van der Waals surface area (Å²) < 4.78 is 0. The molecule has 1 heterocycles. The third-order valence-electron chi connectivity index (χ3n) is 3.54. The molecule has 0 saturated heterocycles. The lowest BCUT2D eigenvalue weighted by molar-refractivity contribution is 0.659. The van der Waals surface area contributed by atoms with E-state index in [0.717, 1.165) is 43.2 Å². The number of fused-ring (bicyclic) bond motifs is 2. The van der Waals surface area contributed by atoms with E-state index < -0.39 is 0 Å². The number of aromatic nitrogens is 1. The molecule has 0 radical (unpaired) electrons. The monoisotopic (exact) mass is 189 g/mol. The molecule has 1 N–H and O–H groups in total. The number of H-pyrrole nitrogens is 1. The predicted octanol–water partition coefficient (Wildman–Crippen LogP) is 1.74. The molecule has 0 unspecified atom stereocenters. The summed E-state index contributed by atoms with van der Waals surface area (Å²) in [5.74, 6) is 0. The normalized spacial score (nSPS) is 19.1. The smallest absolute Gasteiger partial charge is 0.188 e. The summed E-state index contributed by atoms with van der Waals surface area (Å²) in [7, 11) is 0. The van der Waals surface area contributed by atoms with Crippen molar-refractivity contribution in [1.82, 2.24) is 4.98 Å². The molecule has 2 nitrogen and oxygen atoms in total. The number of pyridine rings is 1. The number of hydrogen-bond donors (Lipinski definition) is 1. The molecule has 0 aromatic carbocycles. The van der Waals surface area contributed by atoms with Gasteiger partial charge in [-0.1, -0.05) is 0 Å². The second-order valence-electron chi connectivity index (χ2n) is 4.43. The first-order valence-electron chi connectivity index (χ1n) is 5.62. The molecule has 74 valence electrons.